The first-order valence-electron chi connectivity index (χ1n) is 5.32. The second-order valence-electron chi connectivity index (χ2n) is 4.41. The molecule has 86 valence electrons. The lowest BCUT2D eigenvalue weighted by molar-refractivity contribution is -0.134. The molecule has 1 aliphatic rings. The van der Waals surface area contributed by atoms with Crippen molar-refractivity contribution in [2.75, 3.05) is 26.0 Å². The van der Waals surface area contributed by atoms with Crippen molar-refractivity contribution < 1.29 is 9.90 Å². The molecule has 0 saturated carbocycles. The number of rotatable bonds is 3. The fraction of sp³-hybridized carbons (Fsp3) is 0.417. The molecule has 0 aliphatic carbocycles. The van der Waals surface area contributed by atoms with Crippen LogP contribution in [0.3, 0.4) is 0 Å². The van der Waals surface area contributed by atoms with Gasteiger partial charge in [-0.05, 0) is 20.2 Å². The molecule has 0 saturated heterocycles. The third-order valence-electron chi connectivity index (χ3n) is 2.92. The number of carbonyl (C=O) groups is 1. The van der Waals surface area contributed by atoms with Crippen molar-refractivity contribution in [2.45, 2.75) is 12.0 Å². The van der Waals surface area contributed by atoms with E-state index in [1.807, 2.05) is 31.1 Å². The molecule has 0 aromatic heterocycles. The number of hydrogen-bond acceptors (Lipinski definition) is 3. The minimum atomic E-state index is -1.37. The Balaban J connectivity index is 2.30. The number of nitrogens with one attached hydrogen (secondary N) is 1. The van der Waals surface area contributed by atoms with Crippen LogP contribution in [0, 0.1) is 0 Å². The van der Waals surface area contributed by atoms with Crippen LogP contribution >= 0.6 is 0 Å². The maximum absolute atomic E-state index is 11.8. The van der Waals surface area contributed by atoms with Crippen LogP contribution in [0.1, 0.15) is 12.0 Å². The first-order chi connectivity index (χ1) is 7.54. The van der Waals surface area contributed by atoms with Crippen LogP contribution in [0.2, 0.25) is 0 Å². The van der Waals surface area contributed by atoms with Gasteiger partial charge in [-0.15, -0.1) is 0 Å². The molecule has 0 spiro atoms. The number of hydrogen-bond donors (Lipinski definition) is 2. The van der Waals surface area contributed by atoms with Crippen molar-refractivity contribution in [3.05, 3.63) is 29.8 Å². The van der Waals surface area contributed by atoms with E-state index in [4.69, 9.17) is 0 Å². The van der Waals surface area contributed by atoms with Crippen molar-refractivity contribution in [2.24, 2.45) is 0 Å². The van der Waals surface area contributed by atoms with Gasteiger partial charge in [-0.2, -0.15) is 0 Å². The largest absolute Gasteiger partial charge is 0.375 e. The summed E-state index contributed by atoms with van der Waals surface area (Å²) in [4.78, 5) is 13.7. The average molecular weight is 220 g/mol. The first-order valence-corrected chi connectivity index (χ1v) is 5.32. The van der Waals surface area contributed by atoms with E-state index in [9.17, 15) is 9.90 Å². The van der Waals surface area contributed by atoms with E-state index in [1.54, 1.807) is 12.1 Å². The number of para-hydroxylation sites is 1. The summed E-state index contributed by atoms with van der Waals surface area (Å²) < 4.78 is 0. The first kappa shape index (κ1) is 11.1. The summed E-state index contributed by atoms with van der Waals surface area (Å²) in [6, 6.07) is 7.28. The molecule has 16 heavy (non-hydrogen) atoms. The Morgan fingerprint density at radius 2 is 2.06 bits per heavy atom. The molecule has 2 rings (SSSR count). The SMILES string of the molecule is CN(C)CCC1(O)C(=O)Nc2ccccc21. The molecule has 1 aliphatic heterocycles. The van der Waals surface area contributed by atoms with Gasteiger partial charge in [0.25, 0.3) is 5.91 Å². The Hall–Kier alpha value is -1.39. The molecule has 1 heterocycles. The van der Waals surface area contributed by atoms with Gasteiger partial charge in [0.15, 0.2) is 5.60 Å². The van der Waals surface area contributed by atoms with Crippen molar-refractivity contribution in [3.63, 3.8) is 0 Å². The van der Waals surface area contributed by atoms with Gasteiger partial charge in [0.1, 0.15) is 0 Å². The van der Waals surface area contributed by atoms with Crippen molar-refractivity contribution in [1.82, 2.24) is 4.90 Å². The van der Waals surface area contributed by atoms with Gasteiger partial charge in [0.05, 0.1) is 0 Å². The summed E-state index contributed by atoms with van der Waals surface area (Å²) in [7, 11) is 3.84. The minimum absolute atomic E-state index is 0.324. The van der Waals surface area contributed by atoms with Crippen LogP contribution in [0.25, 0.3) is 0 Å². The maximum atomic E-state index is 11.8. The molecule has 0 radical (unpaired) electrons. The predicted molar refractivity (Wildman–Crippen MR) is 62.1 cm³/mol. The highest BCUT2D eigenvalue weighted by Gasteiger charge is 2.44. The Morgan fingerprint density at radius 3 is 2.75 bits per heavy atom. The second kappa shape index (κ2) is 3.88. The van der Waals surface area contributed by atoms with E-state index in [0.29, 0.717) is 24.2 Å². The Bertz CT molecular complexity index is 417. The number of fused-ring (bicyclic) bond motifs is 1. The number of carbonyl (C=O) groups excluding carboxylic acids is 1. The van der Waals surface area contributed by atoms with Gasteiger partial charge < -0.3 is 15.3 Å². The van der Waals surface area contributed by atoms with E-state index in [2.05, 4.69) is 5.32 Å². The van der Waals surface area contributed by atoms with Crippen LogP contribution in [-0.4, -0.2) is 36.6 Å². The summed E-state index contributed by atoms with van der Waals surface area (Å²) in [5, 5.41) is 13.1. The molecule has 0 bridgehead atoms. The molecule has 1 aromatic carbocycles. The highest BCUT2D eigenvalue weighted by Crippen LogP contribution is 2.37. The molecule has 1 atom stereocenters. The summed E-state index contributed by atoms with van der Waals surface area (Å²) in [5.41, 5.74) is 0.0246. The number of aliphatic hydroxyl groups is 1. The highest BCUT2D eigenvalue weighted by molar-refractivity contribution is 6.04. The monoisotopic (exact) mass is 220 g/mol. The van der Waals surface area contributed by atoms with E-state index in [1.165, 1.54) is 0 Å². The lowest BCUT2D eigenvalue weighted by atomic mass is 9.92. The van der Waals surface area contributed by atoms with E-state index in [0.717, 1.165) is 0 Å². The van der Waals surface area contributed by atoms with E-state index >= 15 is 0 Å². The maximum Gasteiger partial charge on any atom is 0.261 e. The van der Waals surface area contributed by atoms with Gasteiger partial charge in [0, 0.05) is 24.2 Å². The number of anilines is 1. The fourth-order valence-corrected chi connectivity index (χ4v) is 1.93. The molecule has 4 nitrogen and oxygen atoms in total. The highest BCUT2D eigenvalue weighted by atomic mass is 16.3. The van der Waals surface area contributed by atoms with Gasteiger partial charge in [-0.25, -0.2) is 0 Å². The molecule has 2 N–H and O–H groups in total. The zero-order chi connectivity index (χ0) is 11.8. The van der Waals surface area contributed by atoms with Crippen molar-refractivity contribution in [1.29, 1.82) is 0 Å². The van der Waals surface area contributed by atoms with Crippen LogP contribution < -0.4 is 5.32 Å². The topological polar surface area (TPSA) is 52.6 Å². The van der Waals surface area contributed by atoms with Crippen LogP contribution in [0.4, 0.5) is 5.69 Å². The molecule has 1 aromatic rings. The molecule has 1 unspecified atom stereocenters. The number of nitrogens with zero attached hydrogens (tertiary/aromatic N) is 1. The lowest BCUT2D eigenvalue weighted by Crippen LogP contribution is -2.37. The van der Waals surface area contributed by atoms with Gasteiger partial charge in [-0.3, -0.25) is 4.79 Å². The van der Waals surface area contributed by atoms with Gasteiger partial charge >= 0.3 is 0 Å². The Labute approximate surface area is 94.9 Å². The summed E-state index contributed by atoms with van der Waals surface area (Å²) >= 11 is 0. The Kier molecular flexibility index (Phi) is 2.69. The molecular weight excluding hydrogens is 204 g/mol. The smallest absolute Gasteiger partial charge is 0.261 e. The van der Waals surface area contributed by atoms with E-state index in [-0.39, 0.29) is 5.91 Å². The Morgan fingerprint density at radius 1 is 1.38 bits per heavy atom. The van der Waals surface area contributed by atoms with E-state index < -0.39 is 5.60 Å². The third kappa shape index (κ3) is 1.70. The summed E-state index contributed by atoms with van der Waals surface area (Å²) in [6.07, 6.45) is 0.406. The summed E-state index contributed by atoms with van der Waals surface area (Å²) in [5.74, 6) is -0.324. The zero-order valence-electron chi connectivity index (χ0n) is 9.53. The van der Waals surface area contributed by atoms with Crippen molar-refractivity contribution >= 4 is 11.6 Å². The zero-order valence-corrected chi connectivity index (χ0v) is 9.53. The van der Waals surface area contributed by atoms with Gasteiger partial charge in [-0.1, -0.05) is 18.2 Å². The molecule has 0 fully saturated rings. The predicted octanol–water partition coefficient (Wildman–Crippen LogP) is 0.778. The second-order valence-corrected chi connectivity index (χ2v) is 4.41. The molecular formula is C12H16N2O2. The number of benzene rings is 1. The van der Waals surface area contributed by atoms with Gasteiger partial charge in [0.2, 0.25) is 0 Å². The molecule has 1 amide bonds. The third-order valence-corrected chi connectivity index (χ3v) is 2.92. The summed E-state index contributed by atoms with van der Waals surface area (Å²) in [6.45, 7) is 0.665. The lowest BCUT2D eigenvalue weighted by Gasteiger charge is -2.22. The fourth-order valence-electron chi connectivity index (χ4n) is 1.93. The van der Waals surface area contributed by atoms with Crippen LogP contribution in [0.15, 0.2) is 24.3 Å². The quantitative estimate of drug-likeness (QED) is 0.791. The average Bonchev–Trinajstić information content (AvgIpc) is 2.50. The van der Waals surface area contributed by atoms with Crippen LogP contribution in [-0.2, 0) is 10.4 Å². The van der Waals surface area contributed by atoms with Crippen LogP contribution in [0.5, 0.6) is 0 Å². The number of amides is 1. The normalized spacial score (nSPS) is 23.4. The molecule has 4 heteroatoms. The standard InChI is InChI=1S/C12H16N2O2/c1-14(2)8-7-12(16)9-5-3-4-6-10(9)13-11(12)15/h3-6,16H,7-8H2,1-2H3,(H,13,15). The van der Waals surface area contributed by atoms with Crippen molar-refractivity contribution in [3.8, 4) is 0 Å². The minimum Gasteiger partial charge on any atom is -0.375 e.